The van der Waals surface area contributed by atoms with Gasteiger partial charge in [0.05, 0.1) is 21.5 Å². The second kappa shape index (κ2) is 7.94. The van der Waals surface area contributed by atoms with Crippen molar-refractivity contribution in [2.45, 2.75) is 35.7 Å². The van der Waals surface area contributed by atoms with Gasteiger partial charge in [0.1, 0.15) is 35.1 Å². The number of anilines is 2. The van der Waals surface area contributed by atoms with Crippen LogP contribution in [-0.4, -0.2) is 47.2 Å². The number of aromatic nitrogens is 4. The van der Waals surface area contributed by atoms with Crippen molar-refractivity contribution in [3.05, 3.63) is 52.9 Å². The third-order valence-corrected chi connectivity index (χ3v) is 8.02. The fraction of sp³-hybridized carbons (Fsp3) is 0.286. The minimum atomic E-state index is -0.905. The second-order valence-electron chi connectivity index (χ2n) is 7.69. The van der Waals surface area contributed by atoms with Gasteiger partial charge in [0.2, 0.25) is 0 Å². The maximum absolute atomic E-state index is 10.7. The molecule has 31 heavy (non-hydrogen) atoms. The molecule has 4 atom stereocenters. The number of hydrogen-bond donors (Lipinski definition) is 4. The molecular formula is C21H21BrN6O2S. The molecule has 1 unspecified atom stereocenters. The molecule has 0 aliphatic carbocycles. The largest absolute Gasteiger partial charge is 0.389 e. The first-order valence-corrected chi connectivity index (χ1v) is 11.6. The SMILES string of the molecule is Nc1nc2cc(CC[C@H]3S[C@@H](n4ccc5c(N)ncnc54)C(O)[C@@H]3O)ccc2cc1Br. The van der Waals surface area contributed by atoms with Gasteiger partial charge in [-0.05, 0) is 52.5 Å². The highest BCUT2D eigenvalue weighted by Gasteiger charge is 2.43. The molecule has 0 spiro atoms. The van der Waals surface area contributed by atoms with Gasteiger partial charge in [0, 0.05) is 16.8 Å². The van der Waals surface area contributed by atoms with Crippen LogP contribution < -0.4 is 11.5 Å². The molecule has 0 amide bonds. The van der Waals surface area contributed by atoms with Crippen molar-refractivity contribution in [3.8, 4) is 0 Å². The predicted octanol–water partition coefficient (Wildman–Crippen LogP) is 2.88. The molecule has 8 nitrogen and oxygen atoms in total. The molecule has 0 saturated carbocycles. The van der Waals surface area contributed by atoms with E-state index in [2.05, 4.69) is 36.9 Å². The lowest BCUT2D eigenvalue weighted by Crippen LogP contribution is -2.31. The molecule has 1 saturated heterocycles. The molecule has 0 radical (unpaired) electrons. The van der Waals surface area contributed by atoms with E-state index in [9.17, 15) is 10.2 Å². The number of pyridine rings is 1. The number of thioether (sulfide) groups is 1. The number of nitrogen functional groups attached to an aromatic ring is 2. The van der Waals surface area contributed by atoms with Crippen LogP contribution in [0.5, 0.6) is 0 Å². The fourth-order valence-electron chi connectivity index (χ4n) is 4.06. The highest BCUT2D eigenvalue weighted by Crippen LogP contribution is 2.45. The average molecular weight is 501 g/mol. The van der Waals surface area contributed by atoms with E-state index in [1.807, 2.05) is 35.0 Å². The monoisotopic (exact) mass is 500 g/mol. The molecule has 4 aromatic rings. The molecule has 1 aliphatic heterocycles. The lowest BCUT2D eigenvalue weighted by Gasteiger charge is -2.17. The van der Waals surface area contributed by atoms with Gasteiger partial charge in [-0.3, -0.25) is 0 Å². The second-order valence-corrected chi connectivity index (χ2v) is 9.90. The number of rotatable bonds is 4. The Morgan fingerprint density at radius 1 is 1.06 bits per heavy atom. The normalized spacial score (nSPS) is 23.7. The van der Waals surface area contributed by atoms with Crippen LogP contribution in [0.15, 0.2) is 47.3 Å². The Balaban J connectivity index is 1.34. The molecule has 1 aromatic carbocycles. The van der Waals surface area contributed by atoms with E-state index in [0.29, 0.717) is 23.7 Å². The summed E-state index contributed by atoms with van der Waals surface area (Å²) in [7, 11) is 0. The standard InChI is InChI=1S/C21H21BrN6O2S/c22-13-8-11-3-1-10(7-14(11)27-19(13)24)2-4-15-16(29)17(30)21(31-15)28-6-5-12-18(23)25-9-26-20(12)28/h1,3,5-9,15-17,21,29-30H,2,4H2,(H2,24,27)(H2,23,25,26)/t15-,16-,17?,21-/m1/s1. The first-order chi connectivity index (χ1) is 14.9. The van der Waals surface area contributed by atoms with Crippen LogP contribution in [0, 0.1) is 0 Å². The van der Waals surface area contributed by atoms with Gasteiger partial charge in [-0.15, -0.1) is 11.8 Å². The summed E-state index contributed by atoms with van der Waals surface area (Å²) in [4.78, 5) is 12.8. The van der Waals surface area contributed by atoms with Gasteiger partial charge in [-0.2, -0.15) is 0 Å². The quantitative estimate of drug-likeness (QED) is 0.335. The Labute approximate surface area is 190 Å². The van der Waals surface area contributed by atoms with E-state index in [1.165, 1.54) is 6.33 Å². The number of nitrogens with zero attached hydrogens (tertiary/aromatic N) is 4. The first kappa shape index (κ1) is 20.5. The van der Waals surface area contributed by atoms with Crippen molar-refractivity contribution in [2.24, 2.45) is 0 Å². The van der Waals surface area contributed by atoms with Crippen LogP contribution in [0.4, 0.5) is 11.6 Å². The van der Waals surface area contributed by atoms with Gasteiger partial charge in [0.25, 0.3) is 0 Å². The molecule has 160 valence electrons. The zero-order valence-electron chi connectivity index (χ0n) is 16.4. The minimum Gasteiger partial charge on any atom is -0.389 e. The molecule has 4 heterocycles. The lowest BCUT2D eigenvalue weighted by molar-refractivity contribution is 0.0176. The van der Waals surface area contributed by atoms with Crippen molar-refractivity contribution < 1.29 is 10.2 Å². The number of benzene rings is 1. The van der Waals surface area contributed by atoms with Crippen molar-refractivity contribution >= 4 is 61.3 Å². The summed E-state index contributed by atoms with van der Waals surface area (Å²) in [6.07, 6.45) is 2.97. The molecule has 10 heteroatoms. The van der Waals surface area contributed by atoms with E-state index < -0.39 is 12.2 Å². The van der Waals surface area contributed by atoms with Crippen molar-refractivity contribution in [3.63, 3.8) is 0 Å². The summed E-state index contributed by atoms with van der Waals surface area (Å²) in [6, 6.07) is 9.90. The van der Waals surface area contributed by atoms with E-state index in [0.717, 1.165) is 32.7 Å². The zero-order valence-corrected chi connectivity index (χ0v) is 18.8. The number of aliphatic hydroxyl groups is 2. The van der Waals surface area contributed by atoms with Gasteiger partial charge in [-0.25, -0.2) is 15.0 Å². The number of hydrogen-bond acceptors (Lipinski definition) is 8. The molecule has 3 aromatic heterocycles. The molecule has 1 fully saturated rings. The number of aryl methyl sites for hydroxylation is 1. The van der Waals surface area contributed by atoms with Crippen LogP contribution in [0.3, 0.4) is 0 Å². The summed E-state index contributed by atoms with van der Waals surface area (Å²) in [5.74, 6) is 0.858. The fourth-order valence-corrected chi connectivity index (χ4v) is 5.95. The van der Waals surface area contributed by atoms with Crippen LogP contribution in [0.2, 0.25) is 0 Å². The summed E-state index contributed by atoms with van der Waals surface area (Å²) in [5.41, 5.74) is 14.4. The Hall–Kier alpha value is -2.40. The first-order valence-electron chi connectivity index (χ1n) is 9.85. The number of aliphatic hydroxyl groups excluding tert-OH is 2. The summed E-state index contributed by atoms with van der Waals surface area (Å²) >= 11 is 4.96. The molecular weight excluding hydrogens is 480 g/mol. The lowest BCUT2D eigenvalue weighted by atomic mass is 10.0. The molecule has 5 rings (SSSR count). The molecule has 1 aliphatic rings. The number of halogens is 1. The van der Waals surface area contributed by atoms with Gasteiger partial charge in [-0.1, -0.05) is 12.1 Å². The Kier molecular flexibility index (Phi) is 5.25. The number of nitrogens with two attached hydrogens (primary N) is 2. The van der Waals surface area contributed by atoms with E-state index in [-0.39, 0.29) is 10.6 Å². The van der Waals surface area contributed by atoms with Crippen molar-refractivity contribution in [1.82, 2.24) is 19.5 Å². The van der Waals surface area contributed by atoms with Gasteiger partial charge < -0.3 is 26.2 Å². The Morgan fingerprint density at radius 3 is 2.74 bits per heavy atom. The Bertz CT molecular complexity index is 1280. The van der Waals surface area contributed by atoms with Gasteiger partial charge in [0.15, 0.2) is 0 Å². The van der Waals surface area contributed by atoms with Crippen molar-refractivity contribution in [2.75, 3.05) is 11.5 Å². The van der Waals surface area contributed by atoms with Crippen LogP contribution in [-0.2, 0) is 6.42 Å². The van der Waals surface area contributed by atoms with E-state index in [4.69, 9.17) is 11.5 Å². The summed E-state index contributed by atoms with van der Waals surface area (Å²) in [5, 5.41) is 22.7. The predicted molar refractivity (Wildman–Crippen MR) is 127 cm³/mol. The maximum atomic E-state index is 10.7. The summed E-state index contributed by atoms with van der Waals surface area (Å²) in [6.45, 7) is 0. The third-order valence-electron chi connectivity index (χ3n) is 5.73. The van der Waals surface area contributed by atoms with Crippen LogP contribution >= 0.6 is 27.7 Å². The average Bonchev–Trinajstić information content (AvgIpc) is 3.30. The van der Waals surface area contributed by atoms with Crippen LogP contribution in [0.25, 0.3) is 21.9 Å². The van der Waals surface area contributed by atoms with Crippen LogP contribution in [0.1, 0.15) is 17.4 Å². The highest BCUT2D eigenvalue weighted by molar-refractivity contribution is 9.10. The zero-order chi connectivity index (χ0) is 21.7. The van der Waals surface area contributed by atoms with E-state index >= 15 is 0 Å². The number of fused-ring (bicyclic) bond motifs is 2. The maximum Gasteiger partial charge on any atom is 0.146 e. The van der Waals surface area contributed by atoms with E-state index in [1.54, 1.807) is 11.8 Å². The summed E-state index contributed by atoms with van der Waals surface area (Å²) < 4.78 is 2.65. The Morgan fingerprint density at radius 2 is 1.90 bits per heavy atom. The highest BCUT2D eigenvalue weighted by atomic mass is 79.9. The van der Waals surface area contributed by atoms with Crippen molar-refractivity contribution in [1.29, 1.82) is 0 Å². The smallest absolute Gasteiger partial charge is 0.146 e. The molecule has 6 N–H and O–H groups in total. The minimum absolute atomic E-state index is 0.115. The topological polar surface area (TPSA) is 136 Å². The molecule has 0 bridgehead atoms. The third kappa shape index (κ3) is 3.63. The van der Waals surface area contributed by atoms with Gasteiger partial charge >= 0.3 is 0 Å².